The van der Waals surface area contributed by atoms with Crippen LogP contribution in [0.5, 0.6) is 5.75 Å². The molecule has 9 nitrogen and oxygen atoms in total. The van der Waals surface area contributed by atoms with Gasteiger partial charge in [0.15, 0.2) is 0 Å². The molecule has 0 saturated heterocycles. The number of carbonyl (C=O) groups is 3. The van der Waals surface area contributed by atoms with Crippen molar-refractivity contribution in [3.63, 3.8) is 0 Å². The van der Waals surface area contributed by atoms with Crippen molar-refractivity contribution in [1.82, 2.24) is 10.3 Å². The number of ether oxygens (including phenoxy) is 2. The van der Waals surface area contributed by atoms with E-state index in [9.17, 15) is 19.5 Å². The largest absolute Gasteiger partial charge is 0.508 e. The molecule has 1 aromatic heterocycles. The number of esters is 2. The molecule has 0 fully saturated rings. The number of amides is 1. The minimum absolute atomic E-state index is 0.0179. The van der Waals surface area contributed by atoms with E-state index in [4.69, 9.17) is 15.2 Å². The second kappa shape index (κ2) is 12.6. The first-order chi connectivity index (χ1) is 18.4. The van der Waals surface area contributed by atoms with E-state index in [0.29, 0.717) is 0 Å². The average Bonchev–Trinajstić information content (AvgIpc) is 3.32. The van der Waals surface area contributed by atoms with Crippen LogP contribution < -0.4 is 11.1 Å². The van der Waals surface area contributed by atoms with Crippen molar-refractivity contribution in [2.24, 2.45) is 5.73 Å². The van der Waals surface area contributed by atoms with Gasteiger partial charge in [-0.1, -0.05) is 60.7 Å². The SMILES string of the molecule is N[C@@H](Cc1c[nH]c2ccc(O)cc12)C(=O)N[C@@H](CC(=O)OCc1ccccc1)C(=O)OCc1ccccc1. The van der Waals surface area contributed by atoms with Crippen LogP contribution in [0.15, 0.2) is 85.1 Å². The fourth-order valence-corrected chi connectivity index (χ4v) is 3.93. The average molecular weight is 516 g/mol. The van der Waals surface area contributed by atoms with Crippen molar-refractivity contribution in [3.05, 3.63) is 102 Å². The van der Waals surface area contributed by atoms with Gasteiger partial charge >= 0.3 is 11.9 Å². The van der Waals surface area contributed by atoms with Crippen LogP contribution in [0.1, 0.15) is 23.1 Å². The molecule has 3 aromatic carbocycles. The Hall–Kier alpha value is -4.63. The number of aromatic amines is 1. The Morgan fingerprint density at radius 1 is 0.895 bits per heavy atom. The molecule has 1 heterocycles. The summed E-state index contributed by atoms with van der Waals surface area (Å²) in [6.45, 7) is 0.0162. The van der Waals surface area contributed by atoms with Gasteiger partial charge in [0.05, 0.1) is 12.5 Å². The lowest BCUT2D eigenvalue weighted by Crippen LogP contribution is -2.50. The van der Waals surface area contributed by atoms with Crippen molar-refractivity contribution < 1.29 is 29.0 Å². The minimum atomic E-state index is -1.28. The second-order valence-electron chi connectivity index (χ2n) is 8.86. The Bertz CT molecular complexity index is 1390. The molecule has 0 radical (unpaired) electrons. The Kier molecular flexibility index (Phi) is 8.73. The van der Waals surface area contributed by atoms with Crippen molar-refractivity contribution in [3.8, 4) is 5.75 Å². The molecule has 2 atom stereocenters. The zero-order valence-corrected chi connectivity index (χ0v) is 20.6. The van der Waals surface area contributed by atoms with Crippen LogP contribution >= 0.6 is 0 Å². The molecule has 4 rings (SSSR count). The first kappa shape index (κ1) is 26.4. The lowest BCUT2D eigenvalue weighted by Gasteiger charge is -2.20. The topological polar surface area (TPSA) is 144 Å². The van der Waals surface area contributed by atoms with E-state index in [1.165, 1.54) is 0 Å². The summed E-state index contributed by atoms with van der Waals surface area (Å²) in [7, 11) is 0. The highest BCUT2D eigenvalue weighted by Gasteiger charge is 2.28. The molecule has 1 amide bonds. The number of carbonyl (C=O) groups excluding carboxylic acids is 3. The molecule has 196 valence electrons. The Labute approximate surface area is 219 Å². The van der Waals surface area contributed by atoms with Gasteiger partial charge in [0.2, 0.25) is 5.91 Å². The van der Waals surface area contributed by atoms with E-state index >= 15 is 0 Å². The molecule has 0 saturated carbocycles. The number of nitrogens with two attached hydrogens (primary N) is 1. The van der Waals surface area contributed by atoms with E-state index in [1.54, 1.807) is 36.5 Å². The van der Waals surface area contributed by atoms with E-state index in [0.717, 1.165) is 27.6 Å². The van der Waals surface area contributed by atoms with Gasteiger partial charge < -0.3 is 30.6 Å². The molecule has 0 aliphatic rings. The zero-order valence-electron chi connectivity index (χ0n) is 20.6. The summed E-state index contributed by atoms with van der Waals surface area (Å²) in [4.78, 5) is 41.5. The summed E-state index contributed by atoms with van der Waals surface area (Å²) in [5.41, 5.74) is 9.22. The highest BCUT2D eigenvalue weighted by Crippen LogP contribution is 2.23. The van der Waals surface area contributed by atoms with Crippen LogP contribution in [0.3, 0.4) is 0 Å². The number of H-pyrrole nitrogens is 1. The third-order valence-electron chi connectivity index (χ3n) is 5.97. The normalized spacial score (nSPS) is 12.4. The van der Waals surface area contributed by atoms with Crippen LogP contribution in [0, 0.1) is 0 Å². The monoisotopic (exact) mass is 515 g/mol. The number of nitrogens with one attached hydrogen (secondary N) is 2. The standard InChI is InChI=1S/C29H29N3O6/c30-24(13-21-16-31-25-12-11-22(33)14-23(21)25)28(35)32-26(29(36)38-18-20-9-5-2-6-10-20)15-27(34)37-17-19-7-3-1-4-8-19/h1-12,14,16,24,26,31,33H,13,15,17-18,30H2,(H,32,35)/t24-,26-/m0/s1. The summed E-state index contributed by atoms with van der Waals surface area (Å²) in [5, 5.41) is 13.1. The molecule has 0 aliphatic carbocycles. The molecule has 38 heavy (non-hydrogen) atoms. The maximum atomic E-state index is 13.0. The number of benzene rings is 3. The fraction of sp³-hybridized carbons (Fsp3) is 0.207. The van der Waals surface area contributed by atoms with Gasteiger partial charge in [0.1, 0.15) is 25.0 Å². The number of aromatic hydroxyl groups is 1. The van der Waals surface area contributed by atoms with E-state index in [-0.39, 0.29) is 25.4 Å². The number of hydrogen-bond acceptors (Lipinski definition) is 7. The van der Waals surface area contributed by atoms with Crippen LogP contribution in [0.4, 0.5) is 0 Å². The first-order valence-electron chi connectivity index (χ1n) is 12.1. The van der Waals surface area contributed by atoms with Gasteiger partial charge in [-0.3, -0.25) is 9.59 Å². The maximum Gasteiger partial charge on any atom is 0.329 e. The predicted molar refractivity (Wildman–Crippen MR) is 141 cm³/mol. The quantitative estimate of drug-likeness (QED) is 0.225. The molecule has 5 N–H and O–H groups in total. The number of fused-ring (bicyclic) bond motifs is 1. The lowest BCUT2D eigenvalue weighted by molar-refractivity contribution is -0.155. The third-order valence-corrected chi connectivity index (χ3v) is 5.97. The van der Waals surface area contributed by atoms with Crippen molar-refractivity contribution >= 4 is 28.7 Å². The van der Waals surface area contributed by atoms with Crippen LogP contribution in [-0.4, -0.2) is 40.0 Å². The van der Waals surface area contributed by atoms with Gasteiger partial charge in [-0.15, -0.1) is 0 Å². The number of phenolic OH excluding ortho intramolecular Hbond substituents is 1. The number of hydrogen-bond donors (Lipinski definition) is 4. The van der Waals surface area contributed by atoms with E-state index in [1.807, 2.05) is 48.5 Å². The molecule has 0 unspecified atom stereocenters. The van der Waals surface area contributed by atoms with Gasteiger partial charge in [-0.2, -0.15) is 0 Å². The second-order valence-corrected chi connectivity index (χ2v) is 8.86. The van der Waals surface area contributed by atoms with Crippen LogP contribution in [0.2, 0.25) is 0 Å². The van der Waals surface area contributed by atoms with Crippen LogP contribution in [0.25, 0.3) is 10.9 Å². The van der Waals surface area contributed by atoms with Gasteiger partial charge in [-0.25, -0.2) is 4.79 Å². The van der Waals surface area contributed by atoms with Gasteiger partial charge in [-0.05, 0) is 41.3 Å². The van der Waals surface area contributed by atoms with E-state index < -0.39 is 36.4 Å². The molecule has 0 aliphatic heterocycles. The Morgan fingerprint density at radius 3 is 2.18 bits per heavy atom. The summed E-state index contributed by atoms with van der Waals surface area (Å²) in [6.07, 6.45) is 1.43. The predicted octanol–water partition coefficient (Wildman–Crippen LogP) is 3.11. The number of rotatable bonds is 11. The molecular formula is C29H29N3O6. The highest BCUT2D eigenvalue weighted by atomic mass is 16.5. The first-order valence-corrected chi connectivity index (χ1v) is 12.1. The molecule has 4 aromatic rings. The highest BCUT2D eigenvalue weighted by molar-refractivity contribution is 5.91. The van der Waals surface area contributed by atoms with Gasteiger partial charge in [0, 0.05) is 17.1 Å². The summed E-state index contributed by atoms with van der Waals surface area (Å²) < 4.78 is 10.7. The van der Waals surface area contributed by atoms with Crippen molar-refractivity contribution in [2.45, 2.75) is 38.1 Å². The maximum absolute atomic E-state index is 13.0. The number of phenols is 1. The number of aromatic nitrogens is 1. The fourth-order valence-electron chi connectivity index (χ4n) is 3.93. The Morgan fingerprint density at radius 2 is 1.53 bits per heavy atom. The minimum Gasteiger partial charge on any atom is -0.508 e. The summed E-state index contributed by atoms with van der Waals surface area (Å²) in [6, 6.07) is 20.7. The smallest absolute Gasteiger partial charge is 0.329 e. The van der Waals surface area contributed by atoms with Crippen molar-refractivity contribution in [1.29, 1.82) is 0 Å². The van der Waals surface area contributed by atoms with Gasteiger partial charge in [0.25, 0.3) is 0 Å². The molecule has 0 spiro atoms. The van der Waals surface area contributed by atoms with Crippen molar-refractivity contribution in [2.75, 3.05) is 0 Å². The third kappa shape index (κ3) is 7.21. The summed E-state index contributed by atoms with van der Waals surface area (Å²) in [5.74, 6) is -1.98. The zero-order chi connectivity index (χ0) is 26.9. The Balaban J connectivity index is 1.41. The summed E-state index contributed by atoms with van der Waals surface area (Å²) >= 11 is 0. The van der Waals surface area contributed by atoms with Crippen LogP contribution in [-0.2, 0) is 43.5 Å². The molecular weight excluding hydrogens is 486 g/mol. The molecule has 0 bridgehead atoms. The van der Waals surface area contributed by atoms with E-state index in [2.05, 4.69) is 10.3 Å². The lowest BCUT2D eigenvalue weighted by atomic mass is 10.0. The molecule has 9 heteroatoms.